The number of benzene rings is 3. The molecule has 28 heavy (non-hydrogen) atoms. The topological polar surface area (TPSA) is 41.1 Å². The Kier molecular flexibility index (Phi) is 5.73. The average Bonchev–Trinajstić information content (AvgIpc) is 2.75. The van der Waals surface area contributed by atoms with E-state index in [1.54, 1.807) is 0 Å². The van der Waals surface area contributed by atoms with Crippen LogP contribution < -0.4 is 10.6 Å². The number of hydrogen-bond acceptors (Lipinski definition) is 2. The summed E-state index contributed by atoms with van der Waals surface area (Å²) in [6.45, 7) is 2.23. The molecule has 1 unspecified atom stereocenters. The van der Waals surface area contributed by atoms with Crippen LogP contribution in [-0.2, 0) is 0 Å². The van der Waals surface area contributed by atoms with Crippen molar-refractivity contribution < 1.29 is 4.79 Å². The van der Waals surface area contributed by atoms with Gasteiger partial charge in [-0.1, -0.05) is 73.5 Å². The predicted octanol–water partition coefficient (Wildman–Crippen LogP) is 5.23. The lowest BCUT2D eigenvalue weighted by Crippen LogP contribution is -2.52. The second-order valence-electron chi connectivity index (χ2n) is 7.79. The van der Waals surface area contributed by atoms with Crippen LogP contribution in [0, 0.1) is 0 Å². The molecule has 0 aliphatic heterocycles. The normalized spacial score (nSPS) is 20.6. The van der Waals surface area contributed by atoms with Crippen molar-refractivity contribution in [2.45, 2.75) is 50.7 Å². The summed E-state index contributed by atoms with van der Waals surface area (Å²) in [5.74, 6) is 0.0251. The van der Waals surface area contributed by atoms with Gasteiger partial charge in [-0.05, 0) is 48.2 Å². The minimum Gasteiger partial charge on any atom is -0.348 e. The van der Waals surface area contributed by atoms with Gasteiger partial charge < -0.3 is 10.6 Å². The van der Waals surface area contributed by atoms with E-state index in [9.17, 15) is 4.79 Å². The summed E-state index contributed by atoms with van der Waals surface area (Å²) in [6, 6.07) is 25.2. The first kappa shape index (κ1) is 18.7. The van der Waals surface area contributed by atoms with E-state index in [1.807, 2.05) is 30.3 Å². The quantitative estimate of drug-likeness (QED) is 0.644. The molecular formula is C25H28N2O. The summed E-state index contributed by atoms with van der Waals surface area (Å²) < 4.78 is 0. The maximum absolute atomic E-state index is 12.7. The van der Waals surface area contributed by atoms with Crippen molar-refractivity contribution in [3.63, 3.8) is 0 Å². The Balaban J connectivity index is 1.49. The van der Waals surface area contributed by atoms with Gasteiger partial charge in [0, 0.05) is 23.7 Å². The Bertz CT molecular complexity index is 932. The van der Waals surface area contributed by atoms with Gasteiger partial charge in [-0.2, -0.15) is 0 Å². The fourth-order valence-electron chi connectivity index (χ4n) is 4.38. The van der Waals surface area contributed by atoms with E-state index in [-0.39, 0.29) is 24.0 Å². The molecule has 3 aromatic carbocycles. The summed E-state index contributed by atoms with van der Waals surface area (Å²) in [7, 11) is 0. The molecule has 2 N–H and O–H groups in total. The maximum Gasteiger partial charge on any atom is 0.251 e. The molecule has 3 nitrogen and oxygen atoms in total. The lowest BCUT2D eigenvalue weighted by Gasteiger charge is -2.35. The third-order valence-corrected chi connectivity index (χ3v) is 5.87. The molecule has 3 aromatic rings. The van der Waals surface area contributed by atoms with E-state index in [4.69, 9.17) is 0 Å². The molecule has 1 amide bonds. The second-order valence-corrected chi connectivity index (χ2v) is 7.79. The monoisotopic (exact) mass is 372 g/mol. The molecule has 1 saturated carbocycles. The smallest absolute Gasteiger partial charge is 0.251 e. The Morgan fingerprint density at radius 2 is 1.54 bits per heavy atom. The van der Waals surface area contributed by atoms with Gasteiger partial charge in [0.15, 0.2) is 0 Å². The van der Waals surface area contributed by atoms with Gasteiger partial charge in [0.1, 0.15) is 0 Å². The third kappa shape index (κ3) is 4.10. The molecule has 0 heterocycles. The Hall–Kier alpha value is -2.65. The Labute approximate surface area is 167 Å². The van der Waals surface area contributed by atoms with Gasteiger partial charge in [0.05, 0.1) is 0 Å². The van der Waals surface area contributed by atoms with Crippen molar-refractivity contribution in [2.75, 3.05) is 0 Å². The van der Waals surface area contributed by atoms with Crippen LogP contribution in [0.3, 0.4) is 0 Å². The zero-order chi connectivity index (χ0) is 19.3. The van der Waals surface area contributed by atoms with Crippen molar-refractivity contribution in [1.82, 2.24) is 10.6 Å². The van der Waals surface area contributed by atoms with Crippen molar-refractivity contribution >= 4 is 16.7 Å². The number of carbonyl (C=O) groups excluding carboxylic acids is 1. The van der Waals surface area contributed by atoms with Crippen LogP contribution >= 0.6 is 0 Å². The molecule has 0 spiro atoms. The molecule has 1 aliphatic rings. The van der Waals surface area contributed by atoms with Crippen LogP contribution in [0.2, 0.25) is 0 Å². The van der Waals surface area contributed by atoms with E-state index < -0.39 is 0 Å². The van der Waals surface area contributed by atoms with Crippen molar-refractivity contribution in [3.8, 4) is 0 Å². The minimum atomic E-state index is 0.0251. The van der Waals surface area contributed by atoms with Gasteiger partial charge in [-0.15, -0.1) is 0 Å². The lowest BCUT2D eigenvalue weighted by molar-refractivity contribution is 0.0913. The first-order valence-electron chi connectivity index (χ1n) is 10.3. The van der Waals surface area contributed by atoms with Crippen molar-refractivity contribution in [3.05, 3.63) is 83.9 Å². The van der Waals surface area contributed by atoms with Gasteiger partial charge in [0.25, 0.3) is 5.91 Å². The van der Waals surface area contributed by atoms with Crippen molar-refractivity contribution in [1.29, 1.82) is 0 Å². The molecule has 144 valence electrons. The molecule has 0 aromatic heterocycles. The van der Waals surface area contributed by atoms with Crippen LogP contribution in [0.5, 0.6) is 0 Å². The van der Waals surface area contributed by atoms with E-state index in [1.165, 1.54) is 29.2 Å². The van der Waals surface area contributed by atoms with Crippen LogP contribution in [0.15, 0.2) is 72.8 Å². The SMILES string of the molecule is CC(N[C@@H]1CCCC[C@H]1NC(=O)c1ccccc1)c1cccc2ccccc12. The van der Waals surface area contributed by atoms with Crippen LogP contribution in [0.25, 0.3) is 10.8 Å². The van der Waals surface area contributed by atoms with Crippen LogP contribution in [0.4, 0.5) is 0 Å². The minimum absolute atomic E-state index is 0.0251. The molecule has 1 aliphatic carbocycles. The summed E-state index contributed by atoms with van der Waals surface area (Å²) in [6.07, 6.45) is 4.49. The Morgan fingerprint density at radius 3 is 2.36 bits per heavy atom. The fourth-order valence-corrected chi connectivity index (χ4v) is 4.38. The highest BCUT2D eigenvalue weighted by Gasteiger charge is 2.28. The highest BCUT2D eigenvalue weighted by atomic mass is 16.1. The highest BCUT2D eigenvalue weighted by molar-refractivity contribution is 5.94. The van der Waals surface area contributed by atoms with E-state index in [0.717, 1.165) is 18.4 Å². The summed E-state index contributed by atoms with van der Waals surface area (Å²) in [5, 5.41) is 9.66. The summed E-state index contributed by atoms with van der Waals surface area (Å²) in [4.78, 5) is 12.7. The molecular weight excluding hydrogens is 344 g/mol. The van der Waals surface area contributed by atoms with Gasteiger partial charge in [-0.25, -0.2) is 0 Å². The van der Waals surface area contributed by atoms with E-state index in [2.05, 4.69) is 60.0 Å². The molecule has 3 heteroatoms. The number of nitrogens with one attached hydrogen (secondary N) is 2. The molecule has 1 fully saturated rings. The first-order valence-corrected chi connectivity index (χ1v) is 10.3. The summed E-state index contributed by atoms with van der Waals surface area (Å²) >= 11 is 0. The fraction of sp³-hybridized carbons (Fsp3) is 0.320. The molecule has 4 rings (SSSR count). The number of rotatable bonds is 5. The molecule has 0 saturated heterocycles. The zero-order valence-electron chi connectivity index (χ0n) is 16.4. The molecule has 3 atom stereocenters. The number of hydrogen-bond donors (Lipinski definition) is 2. The number of fused-ring (bicyclic) bond motifs is 1. The average molecular weight is 373 g/mol. The maximum atomic E-state index is 12.7. The lowest BCUT2D eigenvalue weighted by atomic mass is 9.88. The zero-order valence-corrected chi connectivity index (χ0v) is 16.4. The van der Waals surface area contributed by atoms with Crippen LogP contribution in [-0.4, -0.2) is 18.0 Å². The van der Waals surface area contributed by atoms with E-state index >= 15 is 0 Å². The van der Waals surface area contributed by atoms with Crippen molar-refractivity contribution in [2.24, 2.45) is 0 Å². The Morgan fingerprint density at radius 1 is 0.857 bits per heavy atom. The molecule has 0 bridgehead atoms. The largest absolute Gasteiger partial charge is 0.348 e. The number of carbonyl (C=O) groups is 1. The summed E-state index contributed by atoms with van der Waals surface area (Å²) in [5.41, 5.74) is 2.05. The van der Waals surface area contributed by atoms with Crippen LogP contribution in [0.1, 0.15) is 54.6 Å². The van der Waals surface area contributed by atoms with E-state index in [0.29, 0.717) is 0 Å². The second kappa shape index (κ2) is 8.57. The first-order chi connectivity index (χ1) is 13.7. The number of amides is 1. The molecule has 0 radical (unpaired) electrons. The highest BCUT2D eigenvalue weighted by Crippen LogP contribution is 2.27. The van der Waals surface area contributed by atoms with Gasteiger partial charge in [-0.3, -0.25) is 4.79 Å². The van der Waals surface area contributed by atoms with Gasteiger partial charge in [0.2, 0.25) is 0 Å². The predicted molar refractivity (Wildman–Crippen MR) is 115 cm³/mol. The standard InChI is InChI=1S/C25H28N2O/c1-18(21-15-9-13-19-10-5-6-14-22(19)21)26-23-16-7-8-17-24(23)27-25(28)20-11-3-2-4-12-20/h2-6,9-15,18,23-24,26H,7-8,16-17H2,1H3,(H,27,28)/t18?,23-,24-/m1/s1. The third-order valence-electron chi connectivity index (χ3n) is 5.87. The van der Waals surface area contributed by atoms with Gasteiger partial charge >= 0.3 is 0 Å².